The SMILES string of the molecule is O=c1ccnc2cc(-c3cccnc3)[nH]n12. The van der Waals surface area contributed by atoms with Crippen molar-refractivity contribution in [2.45, 2.75) is 0 Å². The predicted octanol–water partition coefficient (Wildman–Crippen LogP) is 1.08. The summed E-state index contributed by atoms with van der Waals surface area (Å²) in [6.45, 7) is 0. The summed E-state index contributed by atoms with van der Waals surface area (Å²) in [5, 5.41) is 2.98. The van der Waals surface area contributed by atoms with Crippen molar-refractivity contribution < 1.29 is 0 Å². The fourth-order valence-corrected chi connectivity index (χ4v) is 1.59. The second-order valence-corrected chi connectivity index (χ2v) is 3.39. The number of hydrogen-bond acceptors (Lipinski definition) is 3. The average molecular weight is 212 g/mol. The van der Waals surface area contributed by atoms with E-state index in [1.165, 1.54) is 16.8 Å². The molecule has 78 valence electrons. The van der Waals surface area contributed by atoms with E-state index in [4.69, 9.17) is 0 Å². The first-order valence-electron chi connectivity index (χ1n) is 4.82. The number of H-pyrrole nitrogens is 1. The zero-order valence-corrected chi connectivity index (χ0v) is 8.29. The molecular formula is C11H8N4O. The zero-order chi connectivity index (χ0) is 11.0. The smallest absolute Gasteiger partial charge is 0.272 e. The average Bonchev–Trinajstić information content (AvgIpc) is 2.76. The van der Waals surface area contributed by atoms with Crippen LogP contribution in [0.15, 0.2) is 47.7 Å². The summed E-state index contributed by atoms with van der Waals surface area (Å²) in [6.07, 6.45) is 4.94. The molecule has 0 aliphatic carbocycles. The van der Waals surface area contributed by atoms with Gasteiger partial charge in [-0.2, -0.15) is 0 Å². The molecule has 0 amide bonds. The molecule has 1 N–H and O–H groups in total. The van der Waals surface area contributed by atoms with E-state index in [9.17, 15) is 4.79 Å². The molecule has 0 aliphatic heterocycles. The Balaban J connectivity index is 2.28. The quantitative estimate of drug-likeness (QED) is 0.656. The molecular weight excluding hydrogens is 204 g/mol. The van der Waals surface area contributed by atoms with E-state index in [0.717, 1.165) is 11.3 Å². The molecule has 0 aliphatic rings. The standard InChI is InChI=1S/C11H8N4O/c16-11-3-5-13-10-6-9(14-15(10)11)8-2-1-4-12-7-8/h1-7,14H. The topological polar surface area (TPSA) is 63.0 Å². The summed E-state index contributed by atoms with van der Waals surface area (Å²) >= 11 is 0. The first-order chi connectivity index (χ1) is 7.84. The summed E-state index contributed by atoms with van der Waals surface area (Å²) in [6, 6.07) is 6.99. The van der Waals surface area contributed by atoms with E-state index in [-0.39, 0.29) is 5.56 Å². The second-order valence-electron chi connectivity index (χ2n) is 3.39. The van der Waals surface area contributed by atoms with Crippen molar-refractivity contribution in [1.29, 1.82) is 0 Å². The Hall–Kier alpha value is -2.43. The van der Waals surface area contributed by atoms with Gasteiger partial charge in [0.05, 0.1) is 5.69 Å². The van der Waals surface area contributed by atoms with Crippen LogP contribution >= 0.6 is 0 Å². The molecule has 0 saturated carbocycles. The van der Waals surface area contributed by atoms with Gasteiger partial charge in [-0.15, -0.1) is 0 Å². The lowest BCUT2D eigenvalue weighted by atomic mass is 10.2. The van der Waals surface area contributed by atoms with Crippen molar-refractivity contribution in [3.8, 4) is 11.3 Å². The van der Waals surface area contributed by atoms with Gasteiger partial charge < -0.3 is 0 Å². The number of nitrogens with one attached hydrogen (secondary N) is 1. The minimum atomic E-state index is -0.125. The van der Waals surface area contributed by atoms with Crippen LogP contribution in [0.5, 0.6) is 0 Å². The van der Waals surface area contributed by atoms with E-state index in [0.29, 0.717) is 5.65 Å². The molecule has 0 spiro atoms. The van der Waals surface area contributed by atoms with E-state index in [1.807, 2.05) is 18.2 Å². The van der Waals surface area contributed by atoms with Gasteiger partial charge in [0, 0.05) is 36.3 Å². The van der Waals surface area contributed by atoms with Gasteiger partial charge in [-0.05, 0) is 12.1 Å². The van der Waals surface area contributed by atoms with E-state index in [1.54, 1.807) is 12.4 Å². The van der Waals surface area contributed by atoms with Crippen LogP contribution in [0.3, 0.4) is 0 Å². The van der Waals surface area contributed by atoms with Crippen LogP contribution in [-0.4, -0.2) is 19.6 Å². The molecule has 0 unspecified atom stereocenters. The summed E-state index contributed by atoms with van der Waals surface area (Å²) in [5.41, 5.74) is 2.22. The van der Waals surface area contributed by atoms with Crippen LogP contribution in [-0.2, 0) is 0 Å². The molecule has 3 heterocycles. The third-order valence-electron chi connectivity index (χ3n) is 2.35. The molecule has 3 aromatic heterocycles. The van der Waals surface area contributed by atoms with Gasteiger partial charge in [0.2, 0.25) is 0 Å². The monoisotopic (exact) mass is 212 g/mol. The van der Waals surface area contributed by atoms with Crippen LogP contribution < -0.4 is 5.56 Å². The van der Waals surface area contributed by atoms with Crippen LogP contribution in [0.25, 0.3) is 16.9 Å². The summed E-state index contributed by atoms with van der Waals surface area (Å²) < 4.78 is 1.41. The largest absolute Gasteiger partial charge is 0.289 e. The Morgan fingerprint density at radius 3 is 2.94 bits per heavy atom. The van der Waals surface area contributed by atoms with Gasteiger partial charge in [0.1, 0.15) is 0 Å². The predicted molar refractivity (Wildman–Crippen MR) is 59.0 cm³/mol. The van der Waals surface area contributed by atoms with Gasteiger partial charge >= 0.3 is 0 Å². The Morgan fingerprint density at radius 1 is 1.25 bits per heavy atom. The maximum atomic E-state index is 11.5. The molecule has 5 nitrogen and oxygen atoms in total. The first kappa shape index (κ1) is 8.84. The number of rotatable bonds is 1. The van der Waals surface area contributed by atoms with Crippen molar-refractivity contribution in [2.75, 3.05) is 0 Å². The van der Waals surface area contributed by atoms with Gasteiger partial charge in [0.15, 0.2) is 5.65 Å². The van der Waals surface area contributed by atoms with Gasteiger partial charge in [-0.25, -0.2) is 9.50 Å². The lowest BCUT2D eigenvalue weighted by molar-refractivity contribution is 0.902. The highest BCUT2D eigenvalue weighted by Crippen LogP contribution is 2.15. The Morgan fingerprint density at radius 2 is 2.19 bits per heavy atom. The fraction of sp³-hybridized carbons (Fsp3) is 0. The highest BCUT2D eigenvalue weighted by molar-refractivity contribution is 5.62. The fourth-order valence-electron chi connectivity index (χ4n) is 1.59. The van der Waals surface area contributed by atoms with Crippen LogP contribution in [0.4, 0.5) is 0 Å². The highest BCUT2D eigenvalue weighted by Gasteiger charge is 2.04. The van der Waals surface area contributed by atoms with Crippen molar-refractivity contribution in [3.05, 3.63) is 53.2 Å². The van der Waals surface area contributed by atoms with Gasteiger partial charge in [-0.3, -0.25) is 14.9 Å². The molecule has 0 atom stereocenters. The van der Waals surface area contributed by atoms with Crippen molar-refractivity contribution in [3.63, 3.8) is 0 Å². The van der Waals surface area contributed by atoms with Gasteiger partial charge in [0.25, 0.3) is 5.56 Å². The Kier molecular flexibility index (Phi) is 1.83. The summed E-state index contributed by atoms with van der Waals surface area (Å²) in [7, 11) is 0. The number of nitrogens with zero attached hydrogens (tertiary/aromatic N) is 3. The normalized spacial score (nSPS) is 10.8. The number of aromatic nitrogens is 4. The number of hydrogen-bond donors (Lipinski definition) is 1. The van der Waals surface area contributed by atoms with E-state index < -0.39 is 0 Å². The molecule has 0 aromatic carbocycles. The molecule has 0 fully saturated rings. The van der Waals surface area contributed by atoms with Crippen molar-refractivity contribution >= 4 is 5.65 Å². The first-order valence-corrected chi connectivity index (χ1v) is 4.82. The van der Waals surface area contributed by atoms with Gasteiger partial charge in [-0.1, -0.05) is 0 Å². The molecule has 5 heteroatoms. The third-order valence-corrected chi connectivity index (χ3v) is 2.35. The molecule has 3 rings (SSSR count). The molecule has 0 radical (unpaired) electrons. The number of aromatic amines is 1. The van der Waals surface area contributed by atoms with Crippen LogP contribution in [0.1, 0.15) is 0 Å². The lowest BCUT2D eigenvalue weighted by Crippen LogP contribution is -2.12. The summed E-state index contributed by atoms with van der Waals surface area (Å²) in [5.74, 6) is 0. The van der Waals surface area contributed by atoms with Crippen molar-refractivity contribution in [2.24, 2.45) is 0 Å². The Labute approximate surface area is 90.4 Å². The second kappa shape index (κ2) is 3.30. The van der Waals surface area contributed by atoms with E-state index in [2.05, 4.69) is 15.1 Å². The Bertz CT molecular complexity index is 684. The maximum absolute atomic E-state index is 11.5. The maximum Gasteiger partial charge on any atom is 0.272 e. The van der Waals surface area contributed by atoms with Crippen LogP contribution in [0.2, 0.25) is 0 Å². The third kappa shape index (κ3) is 1.30. The van der Waals surface area contributed by atoms with Crippen LogP contribution in [0, 0.1) is 0 Å². The van der Waals surface area contributed by atoms with E-state index >= 15 is 0 Å². The van der Waals surface area contributed by atoms with Crippen molar-refractivity contribution in [1.82, 2.24) is 19.6 Å². The number of fused-ring (bicyclic) bond motifs is 1. The number of pyridine rings is 1. The minimum absolute atomic E-state index is 0.125. The summed E-state index contributed by atoms with van der Waals surface area (Å²) in [4.78, 5) is 19.6. The minimum Gasteiger partial charge on any atom is -0.289 e. The lowest BCUT2D eigenvalue weighted by Gasteiger charge is -1.93. The molecule has 3 aromatic rings. The molecule has 0 bridgehead atoms. The molecule has 16 heavy (non-hydrogen) atoms. The zero-order valence-electron chi connectivity index (χ0n) is 8.29. The highest BCUT2D eigenvalue weighted by atomic mass is 16.1. The molecule has 0 saturated heterocycles.